The monoisotopic (exact) mass is 278 g/mol. The fourth-order valence-electron chi connectivity index (χ4n) is 2.05. The Labute approximate surface area is 116 Å². The highest BCUT2D eigenvalue weighted by molar-refractivity contribution is 5.35. The second kappa shape index (κ2) is 6.43. The van der Waals surface area contributed by atoms with E-state index in [1.54, 1.807) is 25.6 Å². The largest absolute Gasteiger partial charge is 0.495 e. The summed E-state index contributed by atoms with van der Waals surface area (Å²) in [7, 11) is 1.54. The lowest BCUT2D eigenvalue weighted by Crippen LogP contribution is -2.23. The van der Waals surface area contributed by atoms with Crippen molar-refractivity contribution in [1.29, 1.82) is 0 Å². The molecule has 1 aromatic carbocycles. The minimum atomic E-state index is -0.592. The third-order valence-electron chi connectivity index (χ3n) is 2.99. The number of benzene rings is 1. The first-order valence-electron chi connectivity index (χ1n) is 6.33. The van der Waals surface area contributed by atoms with Gasteiger partial charge in [-0.25, -0.2) is 8.78 Å². The van der Waals surface area contributed by atoms with Crippen LogP contribution in [0.5, 0.6) is 5.75 Å². The van der Waals surface area contributed by atoms with Crippen molar-refractivity contribution in [3.05, 3.63) is 59.4 Å². The molecule has 0 radical (unpaired) electrons. The van der Waals surface area contributed by atoms with Gasteiger partial charge in [-0.05, 0) is 24.2 Å². The molecule has 0 bridgehead atoms. The number of methoxy groups -OCH3 is 1. The maximum absolute atomic E-state index is 14.0. The molecule has 2 rings (SSSR count). The Kier molecular flexibility index (Phi) is 4.63. The van der Waals surface area contributed by atoms with Gasteiger partial charge in [-0.15, -0.1) is 0 Å². The highest BCUT2D eigenvalue weighted by Gasteiger charge is 2.18. The Hall–Kier alpha value is -2.01. The zero-order valence-corrected chi connectivity index (χ0v) is 11.4. The van der Waals surface area contributed by atoms with Crippen molar-refractivity contribution in [2.24, 2.45) is 0 Å². The van der Waals surface area contributed by atoms with Crippen LogP contribution in [0.1, 0.15) is 24.1 Å². The average Bonchev–Trinajstić information content (AvgIpc) is 2.45. The van der Waals surface area contributed by atoms with Crippen molar-refractivity contribution in [2.45, 2.75) is 13.0 Å². The van der Waals surface area contributed by atoms with Crippen LogP contribution in [0.15, 0.2) is 36.7 Å². The standard InChI is InChI=1S/C15H16F2N2O/c1-3-19-15(10-6-12(20-2)9-18-8-10)13-5-4-11(16)7-14(13)17/h4-9,15,19H,3H2,1-2H3. The zero-order chi connectivity index (χ0) is 14.5. The van der Waals surface area contributed by atoms with Crippen LogP contribution in [-0.4, -0.2) is 18.6 Å². The molecule has 1 N–H and O–H groups in total. The van der Waals surface area contributed by atoms with Gasteiger partial charge in [0.2, 0.25) is 0 Å². The zero-order valence-electron chi connectivity index (χ0n) is 11.4. The van der Waals surface area contributed by atoms with E-state index >= 15 is 0 Å². The molecule has 2 aromatic rings. The van der Waals surface area contributed by atoms with E-state index in [-0.39, 0.29) is 0 Å². The first-order valence-corrected chi connectivity index (χ1v) is 6.33. The number of aromatic nitrogens is 1. The van der Waals surface area contributed by atoms with E-state index in [1.807, 2.05) is 6.92 Å². The van der Waals surface area contributed by atoms with E-state index in [9.17, 15) is 8.78 Å². The highest BCUT2D eigenvalue weighted by atomic mass is 19.1. The Morgan fingerprint density at radius 3 is 2.70 bits per heavy atom. The minimum absolute atomic E-state index is 0.378. The summed E-state index contributed by atoms with van der Waals surface area (Å²) in [5, 5.41) is 3.17. The normalized spacial score (nSPS) is 12.2. The van der Waals surface area contributed by atoms with Crippen molar-refractivity contribution >= 4 is 0 Å². The lowest BCUT2D eigenvalue weighted by molar-refractivity contribution is 0.411. The van der Waals surface area contributed by atoms with Crippen LogP contribution in [0.25, 0.3) is 0 Å². The van der Waals surface area contributed by atoms with Crippen LogP contribution in [0.2, 0.25) is 0 Å². The van der Waals surface area contributed by atoms with E-state index < -0.39 is 17.7 Å². The van der Waals surface area contributed by atoms with Gasteiger partial charge in [0.15, 0.2) is 0 Å². The van der Waals surface area contributed by atoms with Gasteiger partial charge in [0.1, 0.15) is 17.4 Å². The van der Waals surface area contributed by atoms with Crippen molar-refractivity contribution in [3.63, 3.8) is 0 Å². The molecule has 106 valence electrons. The van der Waals surface area contributed by atoms with E-state index in [4.69, 9.17) is 4.74 Å². The summed E-state index contributed by atoms with van der Waals surface area (Å²) in [5.74, 6) is -0.586. The topological polar surface area (TPSA) is 34.2 Å². The Bertz CT molecular complexity index is 590. The Morgan fingerprint density at radius 1 is 1.25 bits per heavy atom. The van der Waals surface area contributed by atoms with Gasteiger partial charge in [0, 0.05) is 17.8 Å². The molecule has 0 aliphatic rings. The molecule has 5 heteroatoms. The number of hydrogen-bond acceptors (Lipinski definition) is 3. The minimum Gasteiger partial charge on any atom is -0.495 e. The predicted octanol–water partition coefficient (Wildman–Crippen LogP) is 3.07. The predicted molar refractivity (Wildman–Crippen MR) is 72.7 cm³/mol. The third-order valence-corrected chi connectivity index (χ3v) is 2.99. The summed E-state index contributed by atoms with van der Waals surface area (Å²) in [6, 6.07) is 4.95. The first kappa shape index (κ1) is 14.4. The van der Waals surface area contributed by atoms with Crippen molar-refractivity contribution in [2.75, 3.05) is 13.7 Å². The van der Waals surface area contributed by atoms with Crippen LogP contribution in [0.4, 0.5) is 8.78 Å². The summed E-state index contributed by atoms with van der Waals surface area (Å²) in [6.45, 7) is 2.56. The number of ether oxygens (including phenoxy) is 1. The van der Waals surface area contributed by atoms with Crippen LogP contribution < -0.4 is 10.1 Å². The van der Waals surface area contributed by atoms with E-state index in [0.29, 0.717) is 17.9 Å². The van der Waals surface area contributed by atoms with Crippen molar-refractivity contribution < 1.29 is 13.5 Å². The molecular formula is C15H16F2N2O. The summed E-state index contributed by atoms with van der Waals surface area (Å²) in [4.78, 5) is 4.07. The third kappa shape index (κ3) is 3.11. The SMILES string of the molecule is CCNC(c1cncc(OC)c1)c1ccc(F)cc1F. The first-order chi connectivity index (χ1) is 9.65. The lowest BCUT2D eigenvalue weighted by atomic mass is 9.99. The molecule has 1 heterocycles. The second-order valence-electron chi connectivity index (χ2n) is 4.31. The van der Waals surface area contributed by atoms with Crippen LogP contribution >= 0.6 is 0 Å². The summed E-state index contributed by atoms with van der Waals surface area (Å²) < 4.78 is 32.1. The van der Waals surface area contributed by atoms with E-state index in [2.05, 4.69) is 10.3 Å². The van der Waals surface area contributed by atoms with Crippen LogP contribution in [-0.2, 0) is 0 Å². The molecular weight excluding hydrogens is 262 g/mol. The van der Waals surface area contributed by atoms with Crippen LogP contribution in [0.3, 0.4) is 0 Å². The fourth-order valence-corrected chi connectivity index (χ4v) is 2.05. The quantitative estimate of drug-likeness (QED) is 0.912. The number of nitrogens with one attached hydrogen (secondary N) is 1. The molecule has 1 atom stereocenters. The van der Waals surface area contributed by atoms with E-state index in [1.165, 1.54) is 12.1 Å². The van der Waals surface area contributed by atoms with Gasteiger partial charge in [0.25, 0.3) is 0 Å². The molecule has 0 amide bonds. The number of hydrogen-bond donors (Lipinski definition) is 1. The molecule has 3 nitrogen and oxygen atoms in total. The molecule has 0 saturated carbocycles. The van der Waals surface area contributed by atoms with Gasteiger partial charge in [-0.2, -0.15) is 0 Å². The van der Waals surface area contributed by atoms with Gasteiger partial charge in [0.05, 0.1) is 19.3 Å². The highest BCUT2D eigenvalue weighted by Crippen LogP contribution is 2.26. The Balaban J connectivity index is 2.44. The smallest absolute Gasteiger partial charge is 0.137 e. The van der Waals surface area contributed by atoms with E-state index in [0.717, 1.165) is 11.6 Å². The van der Waals surface area contributed by atoms with Crippen molar-refractivity contribution in [1.82, 2.24) is 10.3 Å². The molecule has 0 aliphatic heterocycles. The number of rotatable bonds is 5. The molecule has 0 aliphatic carbocycles. The molecule has 0 spiro atoms. The Morgan fingerprint density at radius 2 is 2.05 bits per heavy atom. The lowest BCUT2D eigenvalue weighted by Gasteiger charge is -2.19. The maximum atomic E-state index is 14.0. The molecule has 1 aromatic heterocycles. The van der Waals surface area contributed by atoms with Crippen LogP contribution in [0, 0.1) is 11.6 Å². The maximum Gasteiger partial charge on any atom is 0.137 e. The van der Waals surface area contributed by atoms with Gasteiger partial charge in [-0.1, -0.05) is 13.0 Å². The molecule has 1 unspecified atom stereocenters. The fraction of sp³-hybridized carbons (Fsp3) is 0.267. The van der Waals surface area contributed by atoms with Gasteiger partial charge in [-0.3, -0.25) is 4.98 Å². The second-order valence-corrected chi connectivity index (χ2v) is 4.31. The number of nitrogens with zero attached hydrogens (tertiary/aromatic N) is 1. The number of pyridine rings is 1. The number of halogens is 2. The van der Waals surface area contributed by atoms with Gasteiger partial charge < -0.3 is 10.1 Å². The molecule has 20 heavy (non-hydrogen) atoms. The summed E-state index contributed by atoms with van der Waals surface area (Å²) >= 11 is 0. The summed E-state index contributed by atoms with van der Waals surface area (Å²) in [6.07, 6.45) is 3.21. The molecule has 0 fully saturated rings. The average molecular weight is 278 g/mol. The van der Waals surface area contributed by atoms with Crippen molar-refractivity contribution in [3.8, 4) is 5.75 Å². The van der Waals surface area contributed by atoms with Gasteiger partial charge >= 0.3 is 0 Å². The summed E-state index contributed by atoms with van der Waals surface area (Å²) in [5.41, 5.74) is 1.14. The molecule has 0 saturated heterocycles.